The third-order valence-corrected chi connectivity index (χ3v) is 7.24. The predicted molar refractivity (Wildman–Crippen MR) is 113 cm³/mol. The van der Waals surface area contributed by atoms with Crippen molar-refractivity contribution in [2.45, 2.75) is 36.2 Å². The molecule has 0 radical (unpaired) electrons. The number of carbonyl (C=O) groups excluding carboxylic acids is 1. The summed E-state index contributed by atoms with van der Waals surface area (Å²) in [6, 6.07) is 6.73. The Morgan fingerprint density at radius 2 is 1.77 bits per heavy atom. The van der Waals surface area contributed by atoms with E-state index in [9.17, 15) is 27.5 Å². The number of benzene rings is 2. The van der Waals surface area contributed by atoms with E-state index in [2.05, 4.69) is 5.32 Å². The van der Waals surface area contributed by atoms with Gasteiger partial charge >= 0.3 is 5.97 Å². The van der Waals surface area contributed by atoms with Crippen LogP contribution in [0.25, 0.3) is 0 Å². The van der Waals surface area contributed by atoms with Crippen LogP contribution in [0.5, 0.6) is 0 Å². The van der Waals surface area contributed by atoms with E-state index in [-0.39, 0.29) is 34.3 Å². The van der Waals surface area contributed by atoms with Crippen molar-refractivity contribution in [3.8, 4) is 0 Å². The summed E-state index contributed by atoms with van der Waals surface area (Å²) < 4.78 is 40.3. The molecule has 0 aromatic heterocycles. The number of nitrogens with zero attached hydrogens (tertiary/aromatic N) is 1. The predicted octanol–water partition coefficient (Wildman–Crippen LogP) is 3.10. The van der Waals surface area contributed by atoms with E-state index in [4.69, 9.17) is 23.2 Å². The van der Waals surface area contributed by atoms with Crippen LogP contribution in [-0.2, 0) is 26.0 Å². The van der Waals surface area contributed by atoms with Gasteiger partial charge in [0, 0.05) is 23.0 Å². The van der Waals surface area contributed by atoms with E-state index in [1.54, 1.807) is 0 Å². The van der Waals surface area contributed by atoms with E-state index >= 15 is 0 Å². The van der Waals surface area contributed by atoms with Crippen LogP contribution in [0.15, 0.2) is 47.4 Å². The van der Waals surface area contributed by atoms with Gasteiger partial charge in [0.25, 0.3) is 0 Å². The normalized spacial score (nSPS) is 18.0. The largest absolute Gasteiger partial charge is 0.480 e. The molecule has 0 bridgehead atoms. The Morgan fingerprint density at radius 1 is 1.16 bits per heavy atom. The second-order valence-electron chi connectivity index (χ2n) is 7.11. The molecule has 2 aromatic rings. The van der Waals surface area contributed by atoms with Crippen molar-refractivity contribution in [3.05, 3.63) is 63.9 Å². The zero-order chi connectivity index (χ0) is 22.8. The average molecular weight is 489 g/mol. The van der Waals surface area contributed by atoms with Crippen LogP contribution in [0.3, 0.4) is 0 Å². The molecule has 166 valence electrons. The standard InChI is InChI=1S/C20H19Cl2FN2O5S/c21-13-9-14(22)11-16(10-13)31(29,30)25-7-1-2-18(25)19(26)24-17(20(27)28)8-12-3-5-15(23)6-4-12/h3-6,9-11,17-18H,1-2,7-8H2,(H,24,26)(H,27,28)/t17-,18-/m1/s1. The maximum absolute atomic E-state index is 13.1. The Bertz CT molecular complexity index is 1070. The fourth-order valence-electron chi connectivity index (χ4n) is 3.43. The summed E-state index contributed by atoms with van der Waals surface area (Å²) in [6.07, 6.45) is 0.592. The molecule has 1 aliphatic rings. The van der Waals surface area contributed by atoms with Crippen molar-refractivity contribution in [2.24, 2.45) is 0 Å². The van der Waals surface area contributed by atoms with Crippen LogP contribution in [0.1, 0.15) is 18.4 Å². The van der Waals surface area contributed by atoms with Gasteiger partial charge in [-0.05, 0) is 48.7 Å². The molecule has 0 spiro atoms. The van der Waals surface area contributed by atoms with Crippen LogP contribution >= 0.6 is 23.2 Å². The monoisotopic (exact) mass is 488 g/mol. The molecule has 11 heteroatoms. The van der Waals surface area contributed by atoms with Gasteiger partial charge in [0.05, 0.1) is 4.90 Å². The fourth-order valence-corrected chi connectivity index (χ4v) is 5.81. The molecule has 7 nitrogen and oxygen atoms in total. The van der Waals surface area contributed by atoms with Gasteiger partial charge in [-0.2, -0.15) is 4.31 Å². The van der Waals surface area contributed by atoms with Crippen LogP contribution in [0, 0.1) is 5.82 Å². The second kappa shape index (κ2) is 9.52. The van der Waals surface area contributed by atoms with Crippen molar-refractivity contribution in [1.29, 1.82) is 0 Å². The number of carboxylic acids is 1. The van der Waals surface area contributed by atoms with Gasteiger partial charge in [0.15, 0.2) is 0 Å². The molecule has 2 atom stereocenters. The molecule has 1 amide bonds. The van der Waals surface area contributed by atoms with E-state index in [1.165, 1.54) is 42.5 Å². The summed E-state index contributed by atoms with van der Waals surface area (Å²) in [5.74, 6) is -2.47. The van der Waals surface area contributed by atoms with E-state index in [0.29, 0.717) is 12.0 Å². The summed E-state index contributed by atoms with van der Waals surface area (Å²) in [6.45, 7) is 0.0975. The molecule has 2 N–H and O–H groups in total. The first-order valence-electron chi connectivity index (χ1n) is 9.33. The third kappa shape index (κ3) is 5.54. The molecule has 1 saturated heterocycles. The third-order valence-electron chi connectivity index (χ3n) is 4.92. The summed E-state index contributed by atoms with van der Waals surface area (Å²) >= 11 is 11.8. The lowest BCUT2D eigenvalue weighted by atomic mass is 10.1. The second-order valence-corrected chi connectivity index (χ2v) is 9.87. The number of halogens is 3. The van der Waals surface area contributed by atoms with Crippen molar-refractivity contribution >= 4 is 45.1 Å². The minimum absolute atomic E-state index is 0.0786. The van der Waals surface area contributed by atoms with Gasteiger partial charge in [-0.3, -0.25) is 4.79 Å². The zero-order valence-electron chi connectivity index (χ0n) is 16.1. The van der Waals surface area contributed by atoms with E-state index in [0.717, 1.165) is 4.31 Å². The summed E-state index contributed by atoms with van der Waals surface area (Å²) in [5, 5.41) is 12.2. The van der Waals surface area contributed by atoms with Crippen LogP contribution in [0.4, 0.5) is 4.39 Å². The van der Waals surface area contributed by atoms with Crippen LogP contribution in [0.2, 0.25) is 10.0 Å². The summed E-state index contributed by atoms with van der Waals surface area (Å²) in [5.41, 5.74) is 0.513. The highest BCUT2D eigenvalue weighted by Crippen LogP contribution is 2.30. The first kappa shape index (κ1) is 23.5. The zero-order valence-corrected chi connectivity index (χ0v) is 18.4. The Kier molecular flexibility index (Phi) is 7.20. The smallest absolute Gasteiger partial charge is 0.326 e. The maximum Gasteiger partial charge on any atom is 0.326 e. The van der Waals surface area contributed by atoms with Crippen molar-refractivity contribution < 1.29 is 27.5 Å². The lowest BCUT2D eigenvalue weighted by Gasteiger charge is -2.25. The maximum atomic E-state index is 13.1. The molecule has 3 rings (SSSR count). The summed E-state index contributed by atoms with van der Waals surface area (Å²) in [7, 11) is -4.08. The van der Waals surface area contributed by atoms with Gasteiger partial charge in [-0.15, -0.1) is 0 Å². The highest BCUT2D eigenvalue weighted by atomic mass is 35.5. The van der Waals surface area contributed by atoms with Gasteiger partial charge < -0.3 is 10.4 Å². The van der Waals surface area contributed by atoms with Gasteiger partial charge in [0.1, 0.15) is 17.9 Å². The molecule has 31 heavy (non-hydrogen) atoms. The van der Waals surface area contributed by atoms with Crippen molar-refractivity contribution in [2.75, 3.05) is 6.54 Å². The highest BCUT2D eigenvalue weighted by molar-refractivity contribution is 7.89. The average Bonchev–Trinajstić information content (AvgIpc) is 3.19. The molecule has 1 heterocycles. The number of hydrogen-bond donors (Lipinski definition) is 2. The minimum atomic E-state index is -4.08. The first-order chi connectivity index (χ1) is 14.6. The Morgan fingerprint density at radius 3 is 2.35 bits per heavy atom. The topological polar surface area (TPSA) is 104 Å². The lowest BCUT2D eigenvalue weighted by molar-refractivity contribution is -0.142. The first-order valence-corrected chi connectivity index (χ1v) is 11.5. The van der Waals surface area contributed by atoms with Crippen molar-refractivity contribution in [3.63, 3.8) is 0 Å². The quantitative estimate of drug-likeness (QED) is 0.622. The number of nitrogens with one attached hydrogen (secondary N) is 1. The molecule has 0 aliphatic carbocycles. The molecule has 0 saturated carbocycles. The molecule has 1 aliphatic heterocycles. The van der Waals surface area contributed by atoms with E-state index in [1.807, 2.05) is 0 Å². The Balaban J connectivity index is 1.79. The number of rotatable bonds is 7. The molecular formula is C20H19Cl2FN2O5S. The molecular weight excluding hydrogens is 470 g/mol. The number of sulfonamides is 1. The lowest BCUT2D eigenvalue weighted by Crippen LogP contribution is -2.51. The number of carboxylic acid groups (broad SMARTS) is 1. The number of carbonyl (C=O) groups is 2. The molecule has 0 unspecified atom stereocenters. The van der Waals surface area contributed by atoms with Gasteiger partial charge in [0.2, 0.25) is 15.9 Å². The number of hydrogen-bond acceptors (Lipinski definition) is 4. The van der Waals surface area contributed by atoms with Crippen molar-refractivity contribution in [1.82, 2.24) is 9.62 Å². The molecule has 1 fully saturated rings. The van der Waals surface area contributed by atoms with Gasteiger partial charge in [-0.1, -0.05) is 35.3 Å². The number of amides is 1. The van der Waals surface area contributed by atoms with Crippen LogP contribution < -0.4 is 5.32 Å². The summed E-state index contributed by atoms with van der Waals surface area (Å²) in [4.78, 5) is 24.3. The van der Waals surface area contributed by atoms with Crippen LogP contribution in [-0.4, -0.2) is 48.3 Å². The Hall–Kier alpha value is -2.20. The highest BCUT2D eigenvalue weighted by Gasteiger charge is 2.40. The Labute approximate surface area is 188 Å². The number of aliphatic carboxylic acids is 1. The van der Waals surface area contributed by atoms with E-state index < -0.39 is 39.8 Å². The minimum Gasteiger partial charge on any atom is -0.480 e. The fraction of sp³-hybridized carbons (Fsp3) is 0.300. The SMILES string of the molecule is O=C(N[C@H](Cc1ccc(F)cc1)C(=O)O)[C@H]1CCCN1S(=O)(=O)c1cc(Cl)cc(Cl)c1. The van der Waals surface area contributed by atoms with Gasteiger partial charge in [-0.25, -0.2) is 17.6 Å². The molecule has 2 aromatic carbocycles.